The first-order valence-corrected chi connectivity index (χ1v) is 9.17. The Bertz CT molecular complexity index is 869. The molecule has 1 fully saturated rings. The number of hydrogen-bond donors (Lipinski definition) is 0. The molecule has 1 heterocycles. The van der Waals surface area contributed by atoms with E-state index in [-0.39, 0.29) is 0 Å². The minimum absolute atomic E-state index is 0.799. The van der Waals surface area contributed by atoms with E-state index in [1.54, 1.807) is 0 Å². The summed E-state index contributed by atoms with van der Waals surface area (Å²) in [5.41, 5.74) is 3.21. The summed E-state index contributed by atoms with van der Waals surface area (Å²) < 4.78 is 11.2. The van der Waals surface area contributed by atoms with Gasteiger partial charge in [-0.05, 0) is 54.1 Å². The Balaban J connectivity index is 1.37. The normalized spacial score (nSPS) is 14.4. The van der Waals surface area contributed by atoms with Crippen LogP contribution in [0.15, 0.2) is 83.9 Å². The first-order valence-electron chi connectivity index (χ1n) is 9.17. The highest BCUT2D eigenvalue weighted by molar-refractivity contribution is 5.82. The fourth-order valence-electron chi connectivity index (χ4n) is 2.97. The number of benzene rings is 3. The van der Waals surface area contributed by atoms with Crippen LogP contribution in [-0.2, 0) is 4.74 Å². The third kappa shape index (κ3) is 4.74. The zero-order valence-electron chi connectivity index (χ0n) is 15.1. The van der Waals surface area contributed by atoms with Crippen LogP contribution in [0, 0.1) is 0 Å². The molecule has 0 bridgehead atoms. The smallest absolute Gasteiger partial charge is 0.127 e. The van der Waals surface area contributed by atoms with Crippen molar-refractivity contribution in [3.63, 3.8) is 0 Å². The van der Waals surface area contributed by atoms with E-state index >= 15 is 0 Å². The number of hydrogen-bond acceptors (Lipinski definition) is 4. The van der Waals surface area contributed by atoms with Crippen molar-refractivity contribution < 1.29 is 9.47 Å². The summed E-state index contributed by atoms with van der Waals surface area (Å²) in [7, 11) is 0. The van der Waals surface area contributed by atoms with E-state index in [0.717, 1.165) is 49.1 Å². The van der Waals surface area contributed by atoms with Gasteiger partial charge in [0.2, 0.25) is 0 Å². The highest BCUT2D eigenvalue weighted by atomic mass is 16.5. The van der Waals surface area contributed by atoms with Crippen LogP contribution in [-0.4, -0.2) is 32.5 Å². The van der Waals surface area contributed by atoms with Crippen molar-refractivity contribution >= 4 is 17.6 Å². The van der Waals surface area contributed by atoms with Crippen molar-refractivity contribution in [3.05, 3.63) is 84.4 Å². The first kappa shape index (κ1) is 17.3. The molecule has 0 radical (unpaired) electrons. The molecule has 0 aliphatic carbocycles. The molecule has 4 nitrogen and oxygen atoms in total. The van der Waals surface area contributed by atoms with Crippen LogP contribution < -0.4 is 9.64 Å². The molecule has 0 spiro atoms. The summed E-state index contributed by atoms with van der Waals surface area (Å²) in [5, 5.41) is 0. The predicted octanol–water partition coefficient (Wildman–Crippen LogP) is 5.07. The average molecular weight is 358 g/mol. The molecule has 4 rings (SSSR count). The number of anilines is 1. The third-order valence-electron chi connectivity index (χ3n) is 4.45. The highest BCUT2D eigenvalue weighted by Gasteiger charge is 2.10. The van der Waals surface area contributed by atoms with Crippen LogP contribution >= 0.6 is 0 Å². The van der Waals surface area contributed by atoms with Crippen molar-refractivity contribution in [3.8, 4) is 11.5 Å². The van der Waals surface area contributed by atoms with Crippen LogP contribution in [0.1, 0.15) is 5.56 Å². The van der Waals surface area contributed by atoms with Crippen LogP contribution in [0.2, 0.25) is 0 Å². The monoisotopic (exact) mass is 358 g/mol. The van der Waals surface area contributed by atoms with Crippen LogP contribution in [0.5, 0.6) is 11.5 Å². The molecule has 1 aliphatic heterocycles. The lowest BCUT2D eigenvalue weighted by Gasteiger charge is -2.28. The zero-order valence-corrected chi connectivity index (χ0v) is 15.1. The van der Waals surface area contributed by atoms with E-state index in [4.69, 9.17) is 9.47 Å². The van der Waals surface area contributed by atoms with Crippen molar-refractivity contribution in [2.75, 3.05) is 31.2 Å². The van der Waals surface area contributed by atoms with Gasteiger partial charge in [-0.3, -0.25) is 4.99 Å². The Hall–Kier alpha value is -3.11. The summed E-state index contributed by atoms with van der Waals surface area (Å²) in [5.74, 6) is 1.63. The number of aliphatic imine (C=N–C) groups is 1. The maximum atomic E-state index is 5.80. The van der Waals surface area contributed by atoms with E-state index in [0.29, 0.717) is 0 Å². The van der Waals surface area contributed by atoms with Gasteiger partial charge in [0, 0.05) is 25.0 Å². The van der Waals surface area contributed by atoms with Gasteiger partial charge in [0.15, 0.2) is 0 Å². The molecule has 0 N–H and O–H groups in total. The summed E-state index contributed by atoms with van der Waals surface area (Å²) in [4.78, 5) is 6.90. The van der Waals surface area contributed by atoms with Gasteiger partial charge in [-0.2, -0.15) is 0 Å². The maximum Gasteiger partial charge on any atom is 0.127 e. The van der Waals surface area contributed by atoms with Crippen LogP contribution in [0.3, 0.4) is 0 Å². The molecule has 136 valence electrons. The lowest BCUT2D eigenvalue weighted by molar-refractivity contribution is 0.122. The Morgan fingerprint density at radius 2 is 1.44 bits per heavy atom. The predicted molar refractivity (Wildman–Crippen MR) is 110 cm³/mol. The molecule has 27 heavy (non-hydrogen) atoms. The van der Waals surface area contributed by atoms with Gasteiger partial charge < -0.3 is 14.4 Å². The van der Waals surface area contributed by atoms with Gasteiger partial charge in [0.05, 0.1) is 18.9 Å². The van der Waals surface area contributed by atoms with Gasteiger partial charge in [-0.25, -0.2) is 0 Å². The molecule has 0 amide bonds. The van der Waals surface area contributed by atoms with Gasteiger partial charge in [0.1, 0.15) is 11.5 Å². The molecule has 3 aromatic rings. The third-order valence-corrected chi connectivity index (χ3v) is 4.45. The molecule has 0 aromatic heterocycles. The van der Waals surface area contributed by atoms with Crippen LogP contribution in [0.4, 0.5) is 11.4 Å². The Labute approximate surface area is 159 Å². The maximum absolute atomic E-state index is 5.80. The fraction of sp³-hybridized carbons (Fsp3) is 0.174. The summed E-state index contributed by atoms with van der Waals surface area (Å²) >= 11 is 0. The second kappa shape index (κ2) is 8.52. The molecular weight excluding hydrogens is 336 g/mol. The van der Waals surface area contributed by atoms with E-state index in [1.165, 1.54) is 5.69 Å². The summed E-state index contributed by atoms with van der Waals surface area (Å²) in [6.45, 7) is 3.50. The van der Waals surface area contributed by atoms with E-state index < -0.39 is 0 Å². The Kier molecular flexibility index (Phi) is 5.46. The first-order chi connectivity index (χ1) is 13.4. The lowest BCUT2D eigenvalue weighted by Crippen LogP contribution is -2.36. The molecule has 1 aliphatic rings. The minimum Gasteiger partial charge on any atom is -0.457 e. The average Bonchev–Trinajstić information content (AvgIpc) is 2.75. The second-order valence-corrected chi connectivity index (χ2v) is 6.36. The molecule has 0 unspecified atom stereocenters. The Morgan fingerprint density at radius 1 is 0.778 bits per heavy atom. The van der Waals surface area contributed by atoms with Crippen molar-refractivity contribution in [2.45, 2.75) is 0 Å². The molecule has 0 atom stereocenters. The van der Waals surface area contributed by atoms with Gasteiger partial charge >= 0.3 is 0 Å². The number of nitrogens with zero attached hydrogens (tertiary/aromatic N) is 2. The Morgan fingerprint density at radius 3 is 2.15 bits per heavy atom. The number of para-hydroxylation sites is 1. The quantitative estimate of drug-likeness (QED) is 0.598. The number of ether oxygens (including phenoxy) is 2. The van der Waals surface area contributed by atoms with Crippen LogP contribution in [0.25, 0.3) is 0 Å². The summed E-state index contributed by atoms with van der Waals surface area (Å²) in [6.07, 6.45) is 1.89. The highest BCUT2D eigenvalue weighted by Crippen LogP contribution is 2.24. The molecule has 1 saturated heterocycles. The molecular formula is C23H22N2O2. The van der Waals surface area contributed by atoms with Crippen molar-refractivity contribution in [2.24, 2.45) is 4.99 Å². The molecule has 4 heteroatoms. The fourth-order valence-corrected chi connectivity index (χ4v) is 2.97. The van der Waals surface area contributed by atoms with E-state index in [2.05, 4.69) is 34.2 Å². The van der Waals surface area contributed by atoms with Crippen molar-refractivity contribution in [1.82, 2.24) is 0 Å². The topological polar surface area (TPSA) is 34.1 Å². The standard InChI is InChI=1S/C23H22N2O2/c1-2-4-22(5-3-1)27-23-12-8-20(9-13-23)24-18-19-6-10-21(11-7-19)25-14-16-26-17-15-25/h1-13,18H,14-17H2. The van der Waals surface area contributed by atoms with Gasteiger partial charge in [0.25, 0.3) is 0 Å². The van der Waals surface area contributed by atoms with E-state index in [1.807, 2.05) is 60.8 Å². The minimum atomic E-state index is 0.799. The number of rotatable bonds is 5. The van der Waals surface area contributed by atoms with Gasteiger partial charge in [-0.1, -0.05) is 30.3 Å². The lowest BCUT2D eigenvalue weighted by atomic mass is 10.2. The number of morpholine rings is 1. The summed E-state index contributed by atoms with van der Waals surface area (Å²) in [6, 6.07) is 26.0. The second-order valence-electron chi connectivity index (χ2n) is 6.36. The van der Waals surface area contributed by atoms with Crippen molar-refractivity contribution in [1.29, 1.82) is 0 Å². The molecule has 3 aromatic carbocycles. The zero-order chi connectivity index (χ0) is 18.3. The van der Waals surface area contributed by atoms with E-state index in [9.17, 15) is 0 Å². The SMILES string of the molecule is C(=Nc1ccc(Oc2ccccc2)cc1)c1ccc(N2CCOCC2)cc1. The molecule has 0 saturated carbocycles. The largest absolute Gasteiger partial charge is 0.457 e. The van der Waals surface area contributed by atoms with Gasteiger partial charge in [-0.15, -0.1) is 0 Å².